The lowest BCUT2D eigenvalue weighted by Crippen LogP contribution is -2.43. The van der Waals surface area contributed by atoms with E-state index in [-0.39, 0.29) is 18.2 Å². The lowest BCUT2D eigenvalue weighted by atomic mass is 9.72. The summed E-state index contributed by atoms with van der Waals surface area (Å²) in [6.07, 6.45) is 7.30. The molecule has 0 radical (unpaired) electrons. The number of nitrogens with one attached hydrogen (secondary N) is 2. The normalized spacial score (nSPS) is 20.4. The number of benzene rings is 1. The van der Waals surface area contributed by atoms with Gasteiger partial charge in [-0.05, 0) is 86.0 Å². The van der Waals surface area contributed by atoms with E-state index in [4.69, 9.17) is 4.98 Å². The standard InChI is InChI=1S/C29H38N4O3/c34-27(9-3-7-24-11-10-21-6-4-14-30-29(21)32-24)33-15-12-20(13-16-33)25(18-28(35)36)23-17-22-5-1-2-8-26(22)31-19-23/h1-2,5,8,10-11,20,23,25,31H,3-4,6-7,9,12-19H2,(H,30,32)(H,35,36)/t23-,25+/m0/s1. The van der Waals surface area contributed by atoms with Gasteiger partial charge in [0.2, 0.25) is 5.91 Å². The van der Waals surface area contributed by atoms with Crippen molar-refractivity contribution in [1.29, 1.82) is 0 Å². The zero-order valence-corrected chi connectivity index (χ0v) is 21.0. The fourth-order valence-electron chi connectivity index (χ4n) is 6.35. The third-order valence-corrected chi connectivity index (χ3v) is 8.34. The fraction of sp³-hybridized carbons (Fsp3) is 0.552. The minimum Gasteiger partial charge on any atom is -0.481 e. The maximum Gasteiger partial charge on any atom is 0.303 e. The number of carbonyl (C=O) groups excluding carboxylic acids is 1. The lowest BCUT2D eigenvalue weighted by molar-refractivity contribution is -0.140. The molecular weight excluding hydrogens is 452 g/mol. The van der Waals surface area contributed by atoms with E-state index in [2.05, 4.69) is 41.0 Å². The molecule has 0 saturated carbocycles. The van der Waals surface area contributed by atoms with Crippen molar-refractivity contribution in [2.45, 2.75) is 57.8 Å². The first-order valence-corrected chi connectivity index (χ1v) is 13.6. The summed E-state index contributed by atoms with van der Waals surface area (Å²) >= 11 is 0. The Morgan fingerprint density at radius 3 is 2.72 bits per heavy atom. The van der Waals surface area contributed by atoms with Crippen LogP contribution in [0, 0.1) is 17.8 Å². The number of fused-ring (bicyclic) bond motifs is 2. The number of aromatic nitrogens is 1. The molecule has 7 heteroatoms. The third-order valence-electron chi connectivity index (χ3n) is 8.34. The van der Waals surface area contributed by atoms with Crippen molar-refractivity contribution in [3.05, 3.63) is 53.2 Å². The Balaban J connectivity index is 1.11. The Morgan fingerprint density at radius 1 is 1.06 bits per heavy atom. The summed E-state index contributed by atoms with van der Waals surface area (Å²) in [5.41, 5.74) is 4.79. The number of carboxylic acid groups (broad SMARTS) is 1. The number of anilines is 2. The highest BCUT2D eigenvalue weighted by Crippen LogP contribution is 2.38. The van der Waals surface area contributed by atoms with Crippen molar-refractivity contribution in [3.8, 4) is 0 Å². The van der Waals surface area contributed by atoms with Gasteiger partial charge >= 0.3 is 5.97 Å². The topological polar surface area (TPSA) is 94.6 Å². The van der Waals surface area contributed by atoms with Crippen molar-refractivity contribution in [1.82, 2.24) is 9.88 Å². The second-order valence-corrected chi connectivity index (χ2v) is 10.7. The van der Waals surface area contributed by atoms with Gasteiger partial charge < -0.3 is 20.6 Å². The van der Waals surface area contributed by atoms with Crippen LogP contribution in [0.25, 0.3) is 0 Å². The van der Waals surface area contributed by atoms with Crippen molar-refractivity contribution < 1.29 is 14.7 Å². The van der Waals surface area contributed by atoms with Gasteiger partial charge in [0.05, 0.1) is 0 Å². The second-order valence-electron chi connectivity index (χ2n) is 10.7. The molecule has 1 saturated heterocycles. The number of carboxylic acids is 1. The van der Waals surface area contributed by atoms with Crippen LogP contribution in [0.15, 0.2) is 36.4 Å². The number of para-hydroxylation sites is 1. The van der Waals surface area contributed by atoms with Gasteiger partial charge in [0.25, 0.3) is 0 Å². The number of amides is 1. The molecule has 3 N–H and O–H groups in total. The molecule has 0 bridgehead atoms. The molecule has 36 heavy (non-hydrogen) atoms. The number of aliphatic carboxylic acids is 1. The molecule has 2 atom stereocenters. The molecule has 5 rings (SSSR count). The highest BCUT2D eigenvalue weighted by Gasteiger charge is 2.36. The fourth-order valence-corrected chi connectivity index (χ4v) is 6.35. The number of hydrogen-bond acceptors (Lipinski definition) is 5. The lowest BCUT2D eigenvalue weighted by Gasteiger charge is -2.40. The quantitative estimate of drug-likeness (QED) is 0.509. The number of pyridine rings is 1. The summed E-state index contributed by atoms with van der Waals surface area (Å²) in [5, 5.41) is 16.5. The van der Waals surface area contributed by atoms with Gasteiger partial charge in [-0.3, -0.25) is 9.59 Å². The third kappa shape index (κ3) is 5.82. The van der Waals surface area contributed by atoms with E-state index in [9.17, 15) is 14.7 Å². The average Bonchev–Trinajstić information content (AvgIpc) is 2.91. The Morgan fingerprint density at radius 2 is 1.89 bits per heavy atom. The molecule has 2 aromatic rings. The number of aryl methyl sites for hydroxylation is 2. The summed E-state index contributed by atoms with van der Waals surface area (Å²) in [7, 11) is 0. The van der Waals surface area contributed by atoms with E-state index in [1.165, 1.54) is 16.8 Å². The Bertz CT molecular complexity index is 1080. The number of carbonyl (C=O) groups is 2. The van der Waals surface area contributed by atoms with Gasteiger partial charge in [0, 0.05) is 50.4 Å². The molecule has 1 aromatic heterocycles. The van der Waals surface area contributed by atoms with Crippen LogP contribution in [-0.4, -0.2) is 53.0 Å². The molecular formula is C29H38N4O3. The van der Waals surface area contributed by atoms with Crippen molar-refractivity contribution in [2.75, 3.05) is 36.8 Å². The molecule has 3 aliphatic rings. The van der Waals surface area contributed by atoms with Crippen LogP contribution in [0.4, 0.5) is 11.5 Å². The monoisotopic (exact) mass is 490 g/mol. The van der Waals surface area contributed by atoms with Crippen LogP contribution in [0.3, 0.4) is 0 Å². The average molecular weight is 491 g/mol. The summed E-state index contributed by atoms with van der Waals surface area (Å²) in [4.78, 5) is 31.4. The van der Waals surface area contributed by atoms with Gasteiger partial charge in [-0.25, -0.2) is 4.98 Å². The van der Waals surface area contributed by atoms with Crippen molar-refractivity contribution >= 4 is 23.4 Å². The maximum absolute atomic E-state index is 12.9. The summed E-state index contributed by atoms with van der Waals surface area (Å²) < 4.78 is 0. The Hall–Kier alpha value is -3.09. The molecule has 1 amide bonds. The van der Waals surface area contributed by atoms with Crippen LogP contribution in [0.1, 0.15) is 55.3 Å². The molecule has 0 aliphatic carbocycles. The van der Waals surface area contributed by atoms with Crippen LogP contribution < -0.4 is 10.6 Å². The van der Waals surface area contributed by atoms with E-state index in [0.29, 0.717) is 18.3 Å². The van der Waals surface area contributed by atoms with E-state index < -0.39 is 5.97 Å². The number of likely N-dealkylation sites (tertiary alicyclic amines) is 1. The van der Waals surface area contributed by atoms with Crippen molar-refractivity contribution in [2.24, 2.45) is 17.8 Å². The van der Waals surface area contributed by atoms with E-state index in [1.807, 2.05) is 11.0 Å². The molecule has 0 spiro atoms. The van der Waals surface area contributed by atoms with Gasteiger partial charge in [-0.1, -0.05) is 24.3 Å². The first-order chi connectivity index (χ1) is 17.6. The predicted octanol–water partition coefficient (Wildman–Crippen LogP) is 4.38. The van der Waals surface area contributed by atoms with Gasteiger partial charge in [-0.15, -0.1) is 0 Å². The zero-order valence-electron chi connectivity index (χ0n) is 21.0. The predicted molar refractivity (Wildman–Crippen MR) is 141 cm³/mol. The zero-order chi connectivity index (χ0) is 24.9. The number of hydrogen-bond donors (Lipinski definition) is 3. The summed E-state index contributed by atoms with van der Waals surface area (Å²) in [5.74, 6) is 1.29. The SMILES string of the molecule is O=C(O)C[C@H](C1CCN(C(=O)CCCc2ccc3c(n2)NCCC3)CC1)[C@@H]1CNc2ccccc2C1. The van der Waals surface area contributed by atoms with Gasteiger partial charge in [-0.2, -0.15) is 0 Å². The molecule has 192 valence electrons. The minimum atomic E-state index is -0.719. The second kappa shape index (κ2) is 11.3. The number of piperidine rings is 1. The Labute approximate surface area is 213 Å². The highest BCUT2D eigenvalue weighted by atomic mass is 16.4. The van der Waals surface area contributed by atoms with E-state index in [0.717, 1.165) is 82.6 Å². The largest absolute Gasteiger partial charge is 0.481 e. The van der Waals surface area contributed by atoms with Gasteiger partial charge in [0.15, 0.2) is 0 Å². The van der Waals surface area contributed by atoms with Crippen molar-refractivity contribution in [3.63, 3.8) is 0 Å². The van der Waals surface area contributed by atoms with Crippen LogP contribution in [-0.2, 0) is 28.9 Å². The van der Waals surface area contributed by atoms with E-state index in [1.54, 1.807) is 0 Å². The van der Waals surface area contributed by atoms with Crippen LogP contribution in [0.5, 0.6) is 0 Å². The van der Waals surface area contributed by atoms with Crippen LogP contribution in [0.2, 0.25) is 0 Å². The van der Waals surface area contributed by atoms with E-state index >= 15 is 0 Å². The summed E-state index contributed by atoms with van der Waals surface area (Å²) in [6, 6.07) is 12.6. The molecule has 4 heterocycles. The first-order valence-electron chi connectivity index (χ1n) is 13.6. The first kappa shape index (κ1) is 24.6. The molecule has 7 nitrogen and oxygen atoms in total. The number of nitrogens with zero attached hydrogens (tertiary/aromatic N) is 2. The highest BCUT2D eigenvalue weighted by molar-refractivity contribution is 5.76. The molecule has 1 fully saturated rings. The molecule has 3 aliphatic heterocycles. The van der Waals surface area contributed by atoms with Gasteiger partial charge in [0.1, 0.15) is 5.82 Å². The Kier molecular flexibility index (Phi) is 7.73. The maximum atomic E-state index is 12.9. The molecule has 0 unspecified atom stereocenters. The summed E-state index contributed by atoms with van der Waals surface area (Å²) in [6.45, 7) is 3.27. The number of rotatable bonds is 8. The van der Waals surface area contributed by atoms with Crippen LogP contribution >= 0.6 is 0 Å². The minimum absolute atomic E-state index is 0.129. The molecule has 1 aromatic carbocycles. The smallest absolute Gasteiger partial charge is 0.303 e.